The quantitative estimate of drug-likeness (QED) is 0.423. The van der Waals surface area contributed by atoms with E-state index in [4.69, 9.17) is 4.89 Å². The lowest BCUT2D eigenvalue weighted by molar-refractivity contribution is -0.0192. The van der Waals surface area contributed by atoms with Gasteiger partial charge >= 0.3 is 13.8 Å². The van der Waals surface area contributed by atoms with Gasteiger partial charge in [-0.2, -0.15) is 0 Å². The summed E-state index contributed by atoms with van der Waals surface area (Å²) in [5.74, 6) is 0. The molecule has 0 aliphatic heterocycles. The average Bonchev–Trinajstić information content (AvgIpc) is 2.12. The first-order chi connectivity index (χ1) is 6.02. The first-order valence-electron chi connectivity index (χ1n) is 3.34. The minimum absolute atomic E-state index is 0.0206. The van der Waals surface area contributed by atoms with Crippen molar-refractivity contribution in [3.63, 3.8) is 0 Å². The van der Waals surface area contributed by atoms with Gasteiger partial charge in [-0.05, 0) is 10.9 Å². The molecule has 8 heteroatoms. The molecule has 0 aromatic rings. The van der Waals surface area contributed by atoms with Crippen LogP contribution in [-0.2, 0) is 18.8 Å². The molecule has 1 atom stereocenters. The number of carbonyl (C=O) groups is 1. The predicted octanol–water partition coefficient (Wildman–Crippen LogP) is 1.25. The highest BCUT2D eigenvalue weighted by Crippen LogP contribution is 2.42. The van der Waals surface area contributed by atoms with Crippen LogP contribution in [0.4, 0.5) is 9.32 Å². The summed E-state index contributed by atoms with van der Waals surface area (Å²) in [5, 5.41) is 0. The van der Waals surface area contributed by atoms with Gasteiger partial charge in [0, 0.05) is 0 Å². The molecule has 1 N–H and O–H groups in total. The van der Waals surface area contributed by atoms with Crippen LogP contribution >= 0.6 is 7.60 Å². The van der Waals surface area contributed by atoms with Crippen molar-refractivity contribution in [3.8, 4) is 0 Å². The number of carbonyl (C=O) groups excluding carboxylic acids is 1. The van der Waals surface area contributed by atoms with Gasteiger partial charge in [0.15, 0.2) is 0 Å². The van der Waals surface area contributed by atoms with Gasteiger partial charge in [-0.25, -0.2) is 4.79 Å². The lowest BCUT2D eigenvalue weighted by Crippen LogP contribution is -2.06. The van der Waals surface area contributed by atoms with Gasteiger partial charge in [0.25, 0.3) is 0 Å². The zero-order valence-electron chi connectivity index (χ0n) is 6.93. The van der Waals surface area contributed by atoms with Gasteiger partial charge in [0.05, 0.1) is 19.9 Å². The van der Waals surface area contributed by atoms with Crippen LogP contribution in [0.2, 0.25) is 0 Å². The van der Waals surface area contributed by atoms with Gasteiger partial charge < -0.3 is 14.4 Å². The molecule has 0 fully saturated rings. The van der Waals surface area contributed by atoms with E-state index in [1.54, 1.807) is 0 Å². The van der Waals surface area contributed by atoms with Crippen LogP contribution in [0.15, 0.2) is 0 Å². The number of methoxy groups -OCH3 is 1. The molecule has 6 nitrogen and oxygen atoms in total. The summed E-state index contributed by atoms with van der Waals surface area (Å²) in [7, 11) is -3.01. The fourth-order valence-electron chi connectivity index (χ4n) is 0.513. The van der Waals surface area contributed by atoms with E-state index in [-0.39, 0.29) is 13.0 Å². The summed E-state index contributed by atoms with van der Waals surface area (Å²) in [6.07, 6.45) is -1.29. The smallest absolute Gasteiger partial charge is 0.438 e. The molecule has 0 aliphatic carbocycles. The standard InChI is InChI=1S/C5H10FO6P/c1-10-5(7)11-3-2-4-13(8,9)12-6/h2-4H2,1H3,(H,8,9). The van der Waals surface area contributed by atoms with Crippen LogP contribution in [-0.4, -0.2) is 30.9 Å². The SMILES string of the molecule is COC(=O)OCCCP(=O)(O)OF. The van der Waals surface area contributed by atoms with E-state index in [9.17, 15) is 13.9 Å². The van der Waals surface area contributed by atoms with Crippen molar-refractivity contribution in [2.75, 3.05) is 19.9 Å². The molecule has 0 aliphatic rings. The van der Waals surface area contributed by atoms with Crippen LogP contribution in [0, 0.1) is 0 Å². The monoisotopic (exact) mass is 216 g/mol. The summed E-state index contributed by atoms with van der Waals surface area (Å²) < 4.78 is 33.0. The molecule has 0 rings (SSSR count). The Morgan fingerprint density at radius 1 is 1.62 bits per heavy atom. The van der Waals surface area contributed by atoms with Crippen molar-refractivity contribution in [3.05, 3.63) is 0 Å². The maximum absolute atomic E-state index is 11.3. The predicted molar refractivity (Wildman–Crippen MR) is 39.9 cm³/mol. The zero-order chi connectivity index (χ0) is 10.3. The third-order valence-corrected chi connectivity index (χ3v) is 2.18. The molecule has 0 aromatic carbocycles. The number of hydrogen-bond donors (Lipinski definition) is 1. The number of rotatable bonds is 5. The van der Waals surface area contributed by atoms with Crippen LogP contribution < -0.4 is 0 Å². The summed E-state index contributed by atoms with van der Waals surface area (Å²) in [5.41, 5.74) is 0. The molecule has 0 aromatic heterocycles. The Morgan fingerprint density at radius 2 is 2.23 bits per heavy atom. The molecule has 0 saturated carbocycles. The van der Waals surface area contributed by atoms with Gasteiger partial charge in [-0.15, -0.1) is 4.73 Å². The molecule has 1 unspecified atom stereocenters. The highest BCUT2D eigenvalue weighted by Gasteiger charge is 2.19. The van der Waals surface area contributed by atoms with Crippen molar-refractivity contribution in [1.82, 2.24) is 0 Å². The number of ether oxygens (including phenoxy) is 2. The van der Waals surface area contributed by atoms with Crippen molar-refractivity contribution in [2.24, 2.45) is 0 Å². The fraction of sp³-hybridized carbons (Fsp3) is 0.800. The molecule has 0 bridgehead atoms. The topological polar surface area (TPSA) is 82.1 Å². The van der Waals surface area contributed by atoms with Crippen LogP contribution in [0.3, 0.4) is 0 Å². The summed E-state index contributed by atoms with van der Waals surface area (Å²) in [6, 6.07) is 0. The number of hydrogen-bond acceptors (Lipinski definition) is 5. The summed E-state index contributed by atoms with van der Waals surface area (Å²) in [6.45, 7) is -0.124. The van der Waals surface area contributed by atoms with Gasteiger partial charge in [-0.1, -0.05) is 0 Å². The molecule has 0 saturated heterocycles. The minimum Gasteiger partial charge on any atom is -0.438 e. The second-order valence-electron chi connectivity index (χ2n) is 2.09. The van der Waals surface area contributed by atoms with E-state index in [0.29, 0.717) is 0 Å². The second-order valence-corrected chi connectivity index (χ2v) is 3.95. The second kappa shape index (κ2) is 5.90. The Morgan fingerprint density at radius 3 is 2.69 bits per heavy atom. The third kappa shape index (κ3) is 6.51. The van der Waals surface area contributed by atoms with E-state index in [1.807, 2.05) is 0 Å². The van der Waals surface area contributed by atoms with Crippen LogP contribution in [0.1, 0.15) is 6.42 Å². The maximum atomic E-state index is 11.3. The lowest BCUT2D eigenvalue weighted by atomic mass is 10.5. The Labute approximate surface area is 74.0 Å². The van der Waals surface area contributed by atoms with Crippen LogP contribution in [0.5, 0.6) is 0 Å². The van der Waals surface area contributed by atoms with Crippen molar-refractivity contribution in [2.45, 2.75) is 6.42 Å². The highest BCUT2D eigenvalue weighted by molar-refractivity contribution is 7.52. The van der Waals surface area contributed by atoms with Gasteiger partial charge in [-0.3, -0.25) is 4.57 Å². The molecular weight excluding hydrogens is 206 g/mol. The molecule has 0 radical (unpaired) electrons. The first-order valence-corrected chi connectivity index (χ1v) is 5.11. The number of halogens is 1. The molecule has 0 heterocycles. The third-order valence-electron chi connectivity index (χ3n) is 1.08. The normalized spacial score (nSPS) is 14.7. The van der Waals surface area contributed by atoms with E-state index in [2.05, 4.69) is 14.2 Å². The molecule has 78 valence electrons. The molecular formula is C5H10FO6P. The largest absolute Gasteiger partial charge is 0.507 e. The maximum Gasteiger partial charge on any atom is 0.507 e. The van der Waals surface area contributed by atoms with Crippen molar-refractivity contribution in [1.29, 1.82) is 0 Å². The lowest BCUT2D eigenvalue weighted by Gasteiger charge is -2.05. The van der Waals surface area contributed by atoms with E-state index in [0.717, 1.165) is 7.11 Å². The van der Waals surface area contributed by atoms with Crippen molar-refractivity contribution < 1.29 is 33.0 Å². The van der Waals surface area contributed by atoms with Gasteiger partial charge in [0.2, 0.25) is 0 Å². The van der Waals surface area contributed by atoms with E-state index in [1.165, 1.54) is 0 Å². The summed E-state index contributed by atoms with van der Waals surface area (Å²) >= 11 is 0. The molecule has 13 heavy (non-hydrogen) atoms. The molecule has 0 amide bonds. The Balaban J connectivity index is 3.46. The molecule has 0 spiro atoms. The Kier molecular flexibility index (Phi) is 5.61. The van der Waals surface area contributed by atoms with Gasteiger partial charge in [0.1, 0.15) is 0 Å². The summed E-state index contributed by atoms with van der Waals surface area (Å²) in [4.78, 5) is 18.9. The minimum atomic E-state index is -4.14. The fourth-order valence-corrected chi connectivity index (χ4v) is 1.11. The van der Waals surface area contributed by atoms with Crippen molar-refractivity contribution >= 4 is 13.8 Å². The highest BCUT2D eigenvalue weighted by atomic mass is 31.2. The Hall–Kier alpha value is -0.650. The van der Waals surface area contributed by atoms with Crippen LogP contribution in [0.25, 0.3) is 0 Å². The average molecular weight is 216 g/mol. The van der Waals surface area contributed by atoms with E-state index >= 15 is 0 Å². The first kappa shape index (κ1) is 12.3. The zero-order valence-corrected chi connectivity index (χ0v) is 7.83. The van der Waals surface area contributed by atoms with E-state index < -0.39 is 19.9 Å². The Bertz CT molecular complexity index is 207.